The summed E-state index contributed by atoms with van der Waals surface area (Å²) in [7, 11) is -1.86. The number of aromatic nitrogens is 2. The summed E-state index contributed by atoms with van der Waals surface area (Å²) in [4.78, 5) is 38.5. The quantitative estimate of drug-likeness (QED) is 0.452. The molecule has 0 saturated carbocycles. The van der Waals surface area contributed by atoms with Crippen molar-refractivity contribution in [1.29, 1.82) is 0 Å². The fourth-order valence-electron chi connectivity index (χ4n) is 5.74. The SMILES string of the molecule is C[n+]1ccn(S(=O)(=O)N2CCC3(CC2)COc2c3ccc3c2CN([C@H]2CCC(=O)NC2=O)C3=O)c1. The van der Waals surface area contributed by atoms with Crippen LogP contribution in [0.3, 0.4) is 0 Å². The molecule has 1 spiro atoms. The van der Waals surface area contributed by atoms with Gasteiger partial charge in [-0.2, -0.15) is 12.7 Å². The van der Waals surface area contributed by atoms with Gasteiger partial charge in [-0.1, -0.05) is 6.07 Å². The Morgan fingerprint density at radius 1 is 1.17 bits per heavy atom. The maximum absolute atomic E-state index is 13.1. The third-order valence-electron chi connectivity index (χ3n) is 7.75. The summed E-state index contributed by atoms with van der Waals surface area (Å²) in [5.74, 6) is -0.316. The first-order valence-corrected chi connectivity index (χ1v) is 13.1. The molecular weight excluding hydrogens is 474 g/mol. The summed E-state index contributed by atoms with van der Waals surface area (Å²) in [6.07, 6.45) is 6.47. The fourth-order valence-corrected chi connectivity index (χ4v) is 7.13. The number of amides is 3. The average molecular weight is 501 g/mol. The lowest BCUT2D eigenvalue weighted by Gasteiger charge is -2.36. The highest BCUT2D eigenvalue weighted by Crippen LogP contribution is 2.49. The molecule has 0 unspecified atom stereocenters. The van der Waals surface area contributed by atoms with Crippen LogP contribution in [0.4, 0.5) is 0 Å². The second kappa shape index (κ2) is 7.62. The van der Waals surface area contributed by atoms with Crippen LogP contribution in [-0.2, 0) is 38.8 Å². The highest BCUT2D eigenvalue weighted by atomic mass is 32.2. The van der Waals surface area contributed by atoms with Gasteiger partial charge in [0.25, 0.3) is 12.2 Å². The largest absolute Gasteiger partial charge is 0.492 e. The van der Waals surface area contributed by atoms with Crippen LogP contribution in [0.1, 0.15) is 47.2 Å². The van der Waals surface area contributed by atoms with Crippen molar-refractivity contribution in [3.8, 4) is 5.75 Å². The van der Waals surface area contributed by atoms with E-state index in [4.69, 9.17) is 4.74 Å². The first kappa shape index (κ1) is 22.2. The monoisotopic (exact) mass is 500 g/mol. The number of carbonyl (C=O) groups excluding carboxylic acids is 3. The van der Waals surface area contributed by atoms with Crippen molar-refractivity contribution < 1.29 is 32.1 Å². The van der Waals surface area contributed by atoms with Crippen molar-refractivity contribution in [3.63, 3.8) is 0 Å². The van der Waals surface area contributed by atoms with Crippen LogP contribution in [0.15, 0.2) is 30.9 Å². The smallest absolute Gasteiger partial charge is 0.379 e. The Bertz CT molecular complexity index is 1370. The van der Waals surface area contributed by atoms with Gasteiger partial charge in [-0.05, 0) is 25.3 Å². The van der Waals surface area contributed by atoms with Crippen LogP contribution >= 0.6 is 0 Å². The lowest BCUT2D eigenvalue weighted by molar-refractivity contribution is -0.670. The van der Waals surface area contributed by atoms with E-state index in [0.29, 0.717) is 50.3 Å². The third kappa shape index (κ3) is 3.30. The zero-order valence-electron chi connectivity index (χ0n) is 19.3. The normalized spacial score (nSPS) is 23.9. The molecule has 1 aromatic heterocycles. The maximum atomic E-state index is 13.1. The van der Waals surface area contributed by atoms with Crippen LogP contribution in [-0.4, -0.2) is 65.1 Å². The van der Waals surface area contributed by atoms with Gasteiger partial charge < -0.3 is 9.64 Å². The number of imidazole rings is 1. The van der Waals surface area contributed by atoms with E-state index in [2.05, 4.69) is 5.32 Å². The fraction of sp³-hybridized carbons (Fsp3) is 0.478. The molecule has 35 heavy (non-hydrogen) atoms. The first-order valence-electron chi connectivity index (χ1n) is 11.7. The number of aryl methyl sites for hydroxylation is 1. The number of fused-ring (bicyclic) bond motifs is 4. The predicted octanol–water partition coefficient (Wildman–Crippen LogP) is -0.407. The molecule has 0 bridgehead atoms. The van der Waals surface area contributed by atoms with Gasteiger partial charge in [0.1, 0.15) is 24.2 Å². The van der Waals surface area contributed by atoms with E-state index in [-0.39, 0.29) is 30.2 Å². The molecule has 184 valence electrons. The minimum Gasteiger partial charge on any atom is -0.492 e. The Balaban J connectivity index is 1.24. The van der Waals surface area contributed by atoms with Gasteiger partial charge in [0.15, 0.2) is 0 Å². The van der Waals surface area contributed by atoms with Gasteiger partial charge in [0.2, 0.25) is 11.8 Å². The summed E-state index contributed by atoms with van der Waals surface area (Å²) in [6.45, 7) is 1.42. The number of rotatable bonds is 3. The predicted molar refractivity (Wildman–Crippen MR) is 120 cm³/mol. The van der Waals surface area contributed by atoms with Crippen molar-refractivity contribution in [2.24, 2.45) is 7.05 Å². The lowest BCUT2D eigenvalue weighted by atomic mass is 9.74. The molecule has 1 aromatic carbocycles. The average Bonchev–Trinajstić information content (AvgIpc) is 3.51. The molecule has 0 radical (unpaired) electrons. The van der Waals surface area contributed by atoms with E-state index in [0.717, 1.165) is 11.1 Å². The molecule has 12 heteroatoms. The molecule has 4 aliphatic rings. The van der Waals surface area contributed by atoms with Crippen molar-refractivity contribution in [1.82, 2.24) is 18.5 Å². The Labute approximate surface area is 202 Å². The molecule has 6 rings (SSSR count). The summed E-state index contributed by atoms with van der Waals surface area (Å²) in [5, 5.41) is 2.32. The summed E-state index contributed by atoms with van der Waals surface area (Å²) in [6, 6.07) is 3.03. The van der Waals surface area contributed by atoms with E-state index < -0.39 is 22.2 Å². The molecule has 2 fully saturated rings. The molecule has 5 heterocycles. The zero-order chi connectivity index (χ0) is 24.5. The van der Waals surface area contributed by atoms with E-state index >= 15 is 0 Å². The van der Waals surface area contributed by atoms with Crippen LogP contribution in [0.25, 0.3) is 0 Å². The van der Waals surface area contributed by atoms with Gasteiger partial charge in [-0.15, -0.1) is 3.97 Å². The Kier molecular flexibility index (Phi) is 4.84. The minimum absolute atomic E-state index is 0.203. The maximum Gasteiger partial charge on any atom is 0.379 e. The Morgan fingerprint density at radius 2 is 1.94 bits per heavy atom. The van der Waals surface area contributed by atoms with Gasteiger partial charge >= 0.3 is 10.2 Å². The molecule has 1 N–H and O–H groups in total. The van der Waals surface area contributed by atoms with Gasteiger partial charge in [-0.25, -0.2) is 4.57 Å². The summed E-state index contributed by atoms with van der Waals surface area (Å²) >= 11 is 0. The van der Waals surface area contributed by atoms with Crippen LogP contribution in [0.2, 0.25) is 0 Å². The van der Waals surface area contributed by atoms with Crippen LogP contribution in [0.5, 0.6) is 5.75 Å². The number of benzene rings is 1. The number of ether oxygens (including phenoxy) is 1. The summed E-state index contributed by atoms with van der Waals surface area (Å²) in [5.41, 5.74) is 1.97. The van der Waals surface area contributed by atoms with Gasteiger partial charge in [0, 0.05) is 41.6 Å². The van der Waals surface area contributed by atoms with Gasteiger partial charge in [0.05, 0.1) is 20.2 Å². The van der Waals surface area contributed by atoms with Crippen molar-refractivity contribution in [2.45, 2.75) is 43.7 Å². The molecule has 2 saturated heterocycles. The van der Waals surface area contributed by atoms with Crippen LogP contribution in [0, 0.1) is 0 Å². The molecule has 0 aliphatic carbocycles. The zero-order valence-corrected chi connectivity index (χ0v) is 20.1. The molecular formula is C23H26N5O6S+. The first-order chi connectivity index (χ1) is 16.7. The van der Waals surface area contributed by atoms with E-state index in [1.165, 1.54) is 25.7 Å². The molecule has 11 nitrogen and oxygen atoms in total. The second-order valence-electron chi connectivity index (χ2n) is 9.75. The summed E-state index contributed by atoms with van der Waals surface area (Å²) < 4.78 is 36.6. The number of nitrogens with one attached hydrogen (secondary N) is 1. The molecule has 1 atom stereocenters. The second-order valence-corrected chi connectivity index (χ2v) is 11.6. The number of hydrogen-bond acceptors (Lipinski definition) is 6. The van der Waals surface area contributed by atoms with E-state index in [9.17, 15) is 22.8 Å². The number of imide groups is 1. The standard InChI is InChI=1S/C23H25N5O6S/c1-25-10-11-27(14-25)35(32,33)26-8-6-23(7-9-26)13-34-20-16-12-28(18-4-5-19(29)24-21(18)30)22(31)15(16)2-3-17(20)23/h2-3,10-11,14,18H,4-9,12-13H2,1H3/p+1/t18-/m0/s1. The number of carbonyl (C=O) groups is 3. The minimum atomic E-state index is -3.64. The van der Waals surface area contributed by atoms with Crippen molar-refractivity contribution in [3.05, 3.63) is 47.5 Å². The number of hydrogen-bond donors (Lipinski definition) is 1. The number of nitrogens with zero attached hydrogens (tertiary/aromatic N) is 4. The van der Waals surface area contributed by atoms with E-state index in [1.807, 2.05) is 6.07 Å². The molecule has 3 amide bonds. The topological polar surface area (TPSA) is 122 Å². The van der Waals surface area contributed by atoms with Crippen LogP contribution < -0.4 is 14.6 Å². The Morgan fingerprint density at radius 3 is 2.63 bits per heavy atom. The lowest BCUT2D eigenvalue weighted by Crippen LogP contribution is -2.52. The highest BCUT2D eigenvalue weighted by Gasteiger charge is 2.49. The third-order valence-corrected chi connectivity index (χ3v) is 9.51. The van der Waals surface area contributed by atoms with Crippen molar-refractivity contribution in [2.75, 3.05) is 19.7 Å². The Hall–Kier alpha value is -3.25. The van der Waals surface area contributed by atoms with E-state index in [1.54, 1.807) is 23.9 Å². The molecule has 2 aromatic rings. The van der Waals surface area contributed by atoms with Gasteiger partial charge in [-0.3, -0.25) is 19.7 Å². The molecule has 4 aliphatic heterocycles. The van der Waals surface area contributed by atoms with Crippen molar-refractivity contribution >= 4 is 27.9 Å². The highest BCUT2D eigenvalue weighted by molar-refractivity contribution is 7.87. The number of piperidine rings is 2.